The first-order valence-corrected chi connectivity index (χ1v) is 9.41. The number of carboxylic acid groups (broad SMARTS) is 1. The van der Waals surface area contributed by atoms with Gasteiger partial charge in [0.2, 0.25) is 5.88 Å². The zero-order valence-corrected chi connectivity index (χ0v) is 16.9. The van der Waals surface area contributed by atoms with Crippen molar-refractivity contribution in [2.45, 2.75) is 12.5 Å². The molecule has 0 fully saturated rings. The van der Waals surface area contributed by atoms with Crippen molar-refractivity contribution in [3.63, 3.8) is 0 Å². The summed E-state index contributed by atoms with van der Waals surface area (Å²) in [6.07, 6.45) is -0.424. The quantitative estimate of drug-likeness (QED) is 0.509. The third-order valence-corrected chi connectivity index (χ3v) is 5.09. The van der Waals surface area contributed by atoms with Crippen LogP contribution in [-0.2, 0) is 4.79 Å². The molecule has 10 heteroatoms. The van der Waals surface area contributed by atoms with Gasteiger partial charge in [0.25, 0.3) is 5.91 Å². The molecule has 0 spiro atoms. The highest BCUT2D eigenvalue weighted by Crippen LogP contribution is 2.31. The summed E-state index contributed by atoms with van der Waals surface area (Å²) in [6.45, 7) is 0. The molecule has 1 unspecified atom stereocenters. The first-order chi connectivity index (χ1) is 13.8. The summed E-state index contributed by atoms with van der Waals surface area (Å²) >= 11 is 18.1. The Morgan fingerprint density at radius 2 is 1.83 bits per heavy atom. The Morgan fingerprint density at radius 1 is 1.10 bits per heavy atom. The number of halogens is 3. The lowest BCUT2D eigenvalue weighted by Gasteiger charge is -2.18. The number of carboxylic acids is 1. The maximum absolute atomic E-state index is 12.7. The number of hydrogen-bond acceptors (Lipinski definition) is 4. The van der Waals surface area contributed by atoms with E-state index in [2.05, 4.69) is 10.4 Å². The topological polar surface area (TPSA) is 104 Å². The molecule has 1 amide bonds. The van der Waals surface area contributed by atoms with Crippen LogP contribution in [0.1, 0.15) is 28.5 Å². The van der Waals surface area contributed by atoms with E-state index in [4.69, 9.17) is 34.8 Å². The van der Waals surface area contributed by atoms with E-state index in [0.29, 0.717) is 16.3 Å². The molecule has 1 aromatic heterocycles. The average Bonchev–Trinajstić information content (AvgIpc) is 3.05. The van der Waals surface area contributed by atoms with Crippen molar-refractivity contribution in [1.29, 1.82) is 0 Å². The van der Waals surface area contributed by atoms with Gasteiger partial charge in [-0.3, -0.25) is 9.59 Å². The van der Waals surface area contributed by atoms with Crippen LogP contribution in [0.4, 0.5) is 0 Å². The van der Waals surface area contributed by atoms with E-state index in [-0.39, 0.29) is 21.6 Å². The summed E-state index contributed by atoms with van der Waals surface area (Å²) in [6, 6.07) is 11.5. The van der Waals surface area contributed by atoms with Gasteiger partial charge in [-0.25, -0.2) is 4.68 Å². The van der Waals surface area contributed by atoms with Gasteiger partial charge in [-0.15, -0.1) is 0 Å². The molecular formula is C19H14Cl3N3O4. The lowest BCUT2D eigenvalue weighted by atomic mass is 10.0. The fourth-order valence-corrected chi connectivity index (χ4v) is 3.34. The highest BCUT2D eigenvalue weighted by molar-refractivity contribution is 6.42. The van der Waals surface area contributed by atoms with E-state index in [1.54, 1.807) is 42.5 Å². The minimum atomic E-state index is -1.14. The second-order valence-corrected chi connectivity index (χ2v) is 7.27. The molecule has 3 rings (SSSR count). The third kappa shape index (κ3) is 4.82. The summed E-state index contributed by atoms with van der Waals surface area (Å²) in [7, 11) is 0. The van der Waals surface area contributed by atoms with Crippen molar-refractivity contribution in [3.8, 4) is 11.6 Å². The molecule has 0 aliphatic heterocycles. The van der Waals surface area contributed by atoms with E-state index in [9.17, 15) is 19.8 Å². The first kappa shape index (κ1) is 21.0. The smallest absolute Gasteiger partial charge is 0.305 e. The monoisotopic (exact) mass is 453 g/mol. The molecule has 150 valence electrons. The van der Waals surface area contributed by atoms with Gasteiger partial charge in [0.15, 0.2) is 5.69 Å². The Bertz CT molecular complexity index is 1080. The zero-order chi connectivity index (χ0) is 21.1. The van der Waals surface area contributed by atoms with Gasteiger partial charge < -0.3 is 15.5 Å². The fraction of sp³-hybridized carbons (Fsp3) is 0.105. The highest BCUT2D eigenvalue weighted by atomic mass is 35.5. The Hall–Kier alpha value is -2.74. The van der Waals surface area contributed by atoms with Crippen molar-refractivity contribution in [2.75, 3.05) is 0 Å². The Labute approximate surface area is 180 Å². The lowest BCUT2D eigenvalue weighted by Crippen LogP contribution is -2.30. The van der Waals surface area contributed by atoms with Crippen LogP contribution in [0.5, 0.6) is 5.88 Å². The van der Waals surface area contributed by atoms with Gasteiger partial charge in [-0.1, -0.05) is 53.0 Å². The predicted octanol–water partition coefficient (Wildman–Crippen LogP) is 4.48. The minimum absolute atomic E-state index is 0.115. The van der Waals surface area contributed by atoms with Crippen molar-refractivity contribution in [3.05, 3.63) is 74.9 Å². The van der Waals surface area contributed by atoms with Crippen LogP contribution in [0, 0.1) is 0 Å². The number of aliphatic carboxylic acids is 1. The van der Waals surface area contributed by atoms with Crippen LogP contribution in [0.3, 0.4) is 0 Å². The normalized spacial score (nSPS) is 11.8. The number of rotatable bonds is 6. The second kappa shape index (κ2) is 8.73. The number of nitrogens with zero attached hydrogens (tertiary/aromatic N) is 2. The molecule has 0 saturated carbocycles. The zero-order valence-electron chi connectivity index (χ0n) is 14.6. The van der Waals surface area contributed by atoms with Crippen molar-refractivity contribution in [1.82, 2.24) is 15.1 Å². The van der Waals surface area contributed by atoms with Gasteiger partial charge >= 0.3 is 5.97 Å². The maximum Gasteiger partial charge on any atom is 0.305 e. The van der Waals surface area contributed by atoms with E-state index in [1.807, 2.05) is 0 Å². The fourth-order valence-electron chi connectivity index (χ4n) is 2.72. The van der Waals surface area contributed by atoms with E-state index in [0.717, 1.165) is 10.7 Å². The lowest BCUT2D eigenvalue weighted by molar-refractivity contribution is -0.137. The van der Waals surface area contributed by atoms with Crippen LogP contribution in [0.15, 0.2) is 48.5 Å². The molecule has 2 aromatic carbocycles. The number of nitrogens with one attached hydrogen (secondary N) is 1. The SMILES string of the molecule is O=C(O)CC(NC(=O)c1cc(O)n(-c2cccc(Cl)c2)n1)c1cccc(Cl)c1Cl. The molecule has 0 radical (unpaired) electrons. The van der Waals surface area contributed by atoms with Crippen LogP contribution in [0.2, 0.25) is 15.1 Å². The molecule has 29 heavy (non-hydrogen) atoms. The van der Waals surface area contributed by atoms with Crippen molar-refractivity contribution < 1.29 is 19.8 Å². The molecule has 0 bridgehead atoms. The maximum atomic E-state index is 12.7. The Kier molecular flexibility index (Phi) is 6.32. The summed E-state index contributed by atoms with van der Waals surface area (Å²) in [5.74, 6) is -2.12. The summed E-state index contributed by atoms with van der Waals surface area (Å²) in [5.41, 5.74) is 0.693. The minimum Gasteiger partial charge on any atom is -0.493 e. The van der Waals surface area contributed by atoms with Crippen LogP contribution in [0.25, 0.3) is 5.69 Å². The Balaban J connectivity index is 1.90. The highest BCUT2D eigenvalue weighted by Gasteiger charge is 2.24. The number of carbonyl (C=O) groups excluding carboxylic acids is 1. The standard InChI is InChI=1S/C19H14Cl3N3O4/c20-10-3-1-4-11(7-10)25-16(26)8-15(24-25)19(29)23-14(9-17(27)28)12-5-2-6-13(21)18(12)22/h1-8,14,26H,9H2,(H,23,29)(H,27,28). The number of carbonyl (C=O) groups is 2. The molecule has 0 saturated heterocycles. The first-order valence-electron chi connectivity index (χ1n) is 8.28. The number of benzene rings is 2. The molecule has 0 aliphatic carbocycles. The number of hydrogen-bond donors (Lipinski definition) is 3. The number of amides is 1. The molecule has 3 N–H and O–H groups in total. The predicted molar refractivity (Wildman–Crippen MR) is 109 cm³/mol. The number of aromatic hydroxyl groups is 1. The third-order valence-electron chi connectivity index (χ3n) is 4.02. The molecule has 0 aliphatic rings. The Morgan fingerprint density at radius 3 is 2.52 bits per heavy atom. The molecule has 1 atom stereocenters. The summed E-state index contributed by atoms with van der Waals surface area (Å²) in [4.78, 5) is 23.9. The van der Waals surface area contributed by atoms with Gasteiger partial charge in [-0.05, 0) is 29.8 Å². The van der Waals surface area contributed by atoms with Gasteiger partial charge in [-0.2, -0.15) is 5.10 Å². The average molecular weight is 455 g/mol. The van der Waals surface area contributed by atoms with Gasteiger partial charge in [0.05, 0.1) is 28.2 Å². The molecule has 7 nitrogen and oxygen atoms in total. The van der Waals surface area contributed by atoms with Crippen LogP contribution in [-0.4, -0.2) is 31.9 Å². The molecule has 3 aromatic rings. The van der Waals surface area contributed by atoms with Crippen molar-refractivity contribution in [2.24, 2.45) is 0 Å². The van der Waals surface area contributed by atoms with E-state index in [1.165, 1.54) is 0 Å². The summed E-state index contributed by atoms with van der Waals surface area (Å²) in [5, 5.41) is 26.8. The largest absolute Gasteiger partial charge is 0.493 e. The summed E-state index contributed by atoms with van der Waals surface area (Å²) < 4.78 is 1.14. The van der Waals surface area contributed by atoms with E-state index >= 15 is 0 Å². The second-order valence-electron chi connectivity index (χ2n) is 6.05. The van der Waals surface area contributed by atoms with Crippen LogP contribution < -0.4 is 5.32 Å². The molecular weight excluding hydrogens is 441 g/mol. The van der Waals surface area contributed by atoms with Gasteiger partial charge in [0, 0.05) is 11.1 Å². The molecule has 1 heterocycles. The van der Waals surface area contributed by atoms with Gasteiger partial charge in [0.1, 0.15) is 0 Å². The number of aromatic nitrogens is 2. The van der Waals surface area contributed by atoms with Crippen LogP contribution >= 0.6 is 34.8 Å². The van der Waals surface area contributed by atoms with Crippen molar-refractivity contribution >= 4 is 46.7 Å². The van der Waals surface area contributed by atoms with E-state index < -0.39 is 24.3 Å².